The molecule has 0 amide bonds. The minimum absolute atomic E-state index is 0.0169. The van der Waals surface area contributed by atoms with Crippen LogP contribution in [0.2, 0.25) is 0 Å². The zero-order chi connectivity index (χ0) is 19.1. The molecule has 0 bridgehead atoms. The van der Waals surface area contributed by atoms with Crippen LogP contribution in [0.4, 0.5) is 13.2 Å². The van der Waals surface area contributed by atoms with E-state index in [1.807, 2.05) is 0 Å². The van der Waals surface area contributed by atoms with Crippen LogP contribution < -0.4 is 0 Å². The fourth-order valence-corrected chi connectivity index (χ4v) is 3.40. The molecule has 0 unspecified atom stereocenters. The van der Waals surface area contributed by atoms with Gasteiger partial charge in [-0.15, -0.1) is 0 Å². The molecule has 10 heteroatoms. The van der Waals surface area contributed by atoms with Crippen molar-refractivity contribution in [3.8, 4) is 11.4 Å². The zero-order valence-corrected chi connectivity index (χ0v) is 14.3. The number of fused-ring (bicyclic) bond motifs is 1. The first-order valence-electron chi connectivity index (χ1n) is 7.43. The number of imidazole rings is 1. The van der Waals surface area contributed by atoms with E-state index in [9.17, 15) is 21.6 Å². The van der Waals surface area contributed by atoms with Crippen LogP contribution in [0.3, 0.4) is 0 Å². The average molecular weight is 382 g/mol. The third-order valence-corrected chi connectivity index (χ3v) is 5.45. The highest BCUT2D eigenvalue weighted by molar-refractivity contribution is 7.91. The first kappa shape index (κ1) is 18.1. The first-order chi connectivity index (χ1) is 12.2. The molecule has 0 aliphatic rings. The number of rotatable bonds is 4. The topological polar surface area (TPSA) is 77.2 Å². The van der Waals surface area contributed by atoms with E-state index in [0.29, 0.717) is 5.56 Å². The monoisotopic (exact) mass is 382 g/mol. The van der Waals surface area contributed by atoms with Gasteiger partial charge in [0, 0.05) is 18.5 Å². The van der Waals surface area contributed by atoms with Gasteiger partial charge in [-0.2, -0.15) is 13.2 Å². The molecule has 0 saturated heterocycles. The van der Waals surface area contributed by atoms with E-state index < -0.39 is 21.7 Å². The van der Waals surface area contributed by atoms with E-state index in [0.717, 1.165) is 12.4 Å². The predicted octanol–water partition coefficient (Wildman–Crippen LogP) is 3.25. The van der Waals surface area contributed by atoms with E-state index in [-0.39, 0.29) is 27.7 Å². The van der Waals surface area contributed by atoms with E-state index in [4.69, 9.17) is 0 Å². The largest absolute Gasteiger partial charge is 0.433 e. The van der Waals surface area contributed by atoms with Crippen molar-refractivity contribution in [2.75, 3.05) is 5.75 Å². The molecule has 3 aromatic rings. The number of sulfone groups is 1. The molecule has 0 aromatic carbocycles. The van der Waals surface area contributed by atoms with Crippen molar-refractivity contribution in [1.29, 1.82) is 0 Å². The van der Waals surface area contributed by atoms with Crippen LogP contribution in [-0.4, -0.2) is 33.5 Å². The lowest BCUT2D eigenvalue weighted by Crippen LogP contribution is -2.08. The summed E-state index contributed by atoms with van der Waals surface area (Å²) >= 11 is 0. The number of pyridine rings is 1. The fourth-order valence-electron chi connectivity index (χ4n) is 2.32. The van der Waals surface area contributed by atoms with Crippen LogP contribution in [0.25, 0.3) is 23.1 Å². The third kappa shape index (κ3) is 3.19. The van der Waals surface area contributed by atoms with Gasteiger partial charge in [-0.1, -0.05) is 19.6 Å². The molecular weight excluding hydrogens is 369 g/mol. The third-order valence-electron chi connectivity index (χ3n) is 3.71. The Labute approximate surface area is 147 Å². The van der Waals surface area contributed by atoms with Crippen LogP contribution in [-0.2, 0) is 16.0 Å². The van der Waals surface area contributed by atoms with Crippen molar-refractivity contribution >= 4 is 21.6 Å². The SMILES string of the molecule is C=Cc1cnc(-c2cn3cnc(C(F)(F)F)cc3n2)c(S(=O)(=O)CC)c1. The second-order valence-electron chi connectivity index (χ2n) is 5.39. The van der Waals surface area contributed by atoms with E-state index in [2.05, 4.69) is 21.5 Å². The summed E-state index contributed by atoms with van der Waals surface area (Å²) in [6.07, 6.45) is 0.622. The van der Waals surface area contributed by atoms with Crippen molar-refractivity contribution in [2.24, 2.45) is 0 Å². The summed E-state index contributed by atoms with van der Waals surface area (Å²) in [5.74, 6) is -0.157. The van der Waals surface area contributed by atoms with Crippen LogP contribution in [0, 0.1) is 0 Å². The normalized spacial score (nSPS) is 12.5. The Bertz CT molecular complexity index is 1100. The predicted molar refractivity (Wildman–Crippen MR) is 89.0 cm³/mol. The Hall–Kier alpha value is -2.75. The molecule has 0 saturated carbocycles. The smallest absolute Gasteiger partial charge is 0.290 e. The minimum atomic E-state index is -4.60. The average Bonchev–Trinajstić information content (AvgIpc) is 3.03. The van der Waals surface area contributed by atoms with Gasteiger partial charge in [-0.25, -0.2) is 18.4 Å². The Kier molecular flexibility index (Phi) is 4.31. The number of aromatic nitrogens is 4. The van der Waals surface area contributed by atoms with Gasteiger partial charge in [-0.3, -0.25) is 9.38 Å². The van der Waals surface area contributed by atoms with Crippen molar-refractivity contribution in [3.05, 3.63) is 48.7 Å². The van der Waals surface area contributed by atoms with Gasteiger partial charge in [0.1, 0.15) is 29.1 Å². The van der Waals surface area contributed by atoms with Crippen molar-refractivity contribution in [2.45, 2.75) is 18.0 Å². The number of nitrogens with zero attached hydrogens (tertiary/aromatic N) is 4. The van der Waals surface area contributed by atoms with Gasteiger partial charge < -0.3 is 0 Å². The minimum Gasteiger partial charge on any atom is -0.290 e. The molecule has 0 atom stereocenters. The molecule has 136 valence electrons. The summed E-state index contributed by atoms with van der Waals surface area (Å²) in [5, 5.41) is 0. The van der Waals surface area contributed by atoms with Crippen LogP contribution in [0.1, 0.15) is 18.2 Å². The summed E-state index contributed by atoms with van der Waals surface area (Å²) in [5.41, 5.74) is -0.399. The number of hydrogen-bond donors (Lipinski definition) is 0. The fraction of sp³-hybridized carbons (Fsp3) is 0.188. The number of halogens is 3. The van der Waals surface area contributed by atoms with Gasteiger partial charge in [0.25, 0.3) is 0 Å². The maximum Gasteiger partial charge on any atom is 0.433 e. The quantitative estimate of drug-likeness (QED) is 0.692. The van der Waals surface area contributed by atoms with Gasteiger partial charge in [0.15, 0.2) is 9.84 Å². The zero-order valence-electron chi connectivity index (χ0n) is 13.5. The van der Waals surface area contributed by atoms with Crippen molar-refractivity contribution < 1.29 is 21.6 Å². The molecule has 0 aliphatic heterocycles. The summed E-state index contributed by atoms with van der Waals surface area (Å²) in [7, 11) is -3.63. The second kappa shape index (κ2) is 6.20. The van der Waals surface area contributed by atoms with Gasteiger partial charge in [0.05, 0.1) is 10.6 Å². The maximum atomic E-state index is 12.8. The highest BCUT2D eigenvalue weighted by Crippen LogP contribution is 2.30. The summed E-state index contributed by atoms with van der Waals surface area (Å²) < 4.78 is 64.4. The van der Waals surface area contributed by atoms with Gasteiger partial charge in [-0.05, 0) is 11.6 Å². The highest BCUT2D eigenvalue weighted by atomic mass is 32.2. The summed E-state index contributed by atoms with van der Waals surface area (Å²) in [6, 6.07) is 2.20. The summed E-state index contributed by atoms with van der Waals surface area (Å²) in [6.45, 7) is 5.07. The highest BCUT2D eigenvalue weighted by Gasteiger charge is 2.33. The molecular formula is C16H13F3N4O2S. The number of hydrogen-bond acceptors (Lipinski definition) is 5. The first-order valence-corrected chi connectivity index (χ1v) is 9.08. The van der Waals surface area contributed by atoms with Crippen molar-refractivity contribution in [1.82, 2.24) is 19.4 Å². The molecule has 0 fully saturated rings. The van der Waals surface area contributed by atoms with E-state index >= 15 is 0 Å². The molecule has 3 heterocycles. The van der Waals surface area contributed by atoms with Crippen LogP contribution >= 0.6 is 0 Å². The van der Waals surface area contributed by atoms with Crippen LogP contribution in [0.5, 0.6) is 0 Å². The Morgan fingerprint density at radius 1 is 1.27 bits per heavy atom. The van der Waals surface area contributed by atoms with E-state index in [1.165, 1.54) is 35.9 Å². The molecule has 0 spiro atoms. The lowest BCUT2D eigenvalue weighted by Gasteiger charge is -2.07. The van der Waals surface area contributed by atoms with Crippen molar-refractivity contribution in [3.63, 3.8) is 0 Å². The Morgan fingerprint density at radius 2 is 2.00 bits per heavy atom. The standard InChI is InChI=1S/C16H13F3N4O2S/c1-3-10-5-12(26(24,25)4-2)15(20-7-10)11-8-23-9-21-13(16(17,18)19)6-14(23)22-11/h3,5-9H,1,4H2,2H3. The molecule has 6 nitrogen and oxygen atoms in total. The summed E-state index contributed by atoms with van der Waals surface area (Å²) in [4.78, 5) is 11.5. The van der Waals surface area contributed by atoms with Gasteiger partial charge in [0.2, 0.25) is 0 Å². The van der Waals surface area contributed by atoms with Gasteiger partial charge >= 0.3 is 6.18 Å². The van der Waals surface area contributed by atoms with E-state index in [1.54, 1.807) is 0 Å². The molecule has 26 heavy (non-hydrogen) atoms. The molecule has 0 radical (unpaired) electrons. The lowest BCUT2D eigenvalue weighted by molar-refractivity contribution is -0.141. The molecule has 3 rings (SSSR count). The molecule has 0 aliphatic carbocycles. The lowest BCUT2D eigenvalue weighted by atomic mass is 10.2. The molecule has 0 N–H and O–H groups in total. The Balaban J connectivity index is 2.22. The number of alkyl halides is 3. The Morgan fingerprint density at radius 3 is 2.62 bits per heavy atom. The second-order valence-corrected chi connectivity index (χ2v) is 7.63. The molecule has 3 aromatic heterocycles. The van der Waals surface area contributed by atoms with Crippen LogP contribution in [0.15, 0.2) is 42.3 Å². The maximum absolute atomic E-state index is 12.8.